The molecule has 0 saturated heterocycles. The quantitative estimate of drug-likeness (QED) is 0.596. The third kappa shape index (κ3) is 3.98. The molecule has 0 spiro atoms. The van der Waals surface area contributed by atoms with Crippen LogP contribution in [0.1, 0.15) is 26.2 Å². The summed E-state index contributed by atoms with van der Waals surface area (Å²) in [5, 5.41) is 2.89. The summed E-state index contributed by atoms with van der Waals surface area (Å²) in [4.78, 5) is 11.0. The van der Waals surface area contributed by atoms with E-state index in [-0.39, 0.29) is 5.91 Å². The minimum absolute atomic E-state index is 0.126. The lowest BCUT2D eigenvalue weighted by Crippen LogP contribution is -2.26. The Labute approximate surface area is 67.1 Å². The van der Waals surface area contributed by atoms with Crippen LogP contribution in [0.2, 0.25) is 0 Å². The summed E-state index contributed by atoms with van der Waals surface area (Å²) in [6, 6.07) is 0.476. The number of amides is 1. The van der Waals surface area contributed by atoms with Gasteiger partial charge in [-0.25, -0.2) is 0 Å². The number of nitrogens with one attached hydrogen (secondary N) is 1. The number of ether oxygens (including phenoxy) is 1. The molecule has 0 aliphatic heterocycles. The summed E-state index contributed by atoms with van der Waals surface area (Å²) >= 11 is 0. The monoisotopic (exact) mass is 157 g/mol. The van der Waals surface area contributed by atoms with Crippen molar-refractivity contribution in [3.05, 3.63) is 0 Å². The Morgan fingerprint density at radius 3 is 2.91 bits per heavy atom. The Kier molecular flexibility index (Phi) is 3.36. The van der Waals surface area contributed by atoms with Crippen molar-refractivity contribution in [3.63, 3.8) is 0 Å². The van der Waals surface area contributed by atoms with Crippen LogP contribution in [0.3, 0.4) is 0 Å². The van der Waals surface area contributed by atoms with E-state index in [9.17, 15) is 4.79 Å². The minimum Gasteiger partial charge on any atom is -0.381 e. The summed E-state index contributed by atoms with van der Waals surface area (Å²) in [6.45, 7) is 3.17. The molecule has 0 aromatic heterocycles. The Bertz CT molecular complexity index is 132. The Balaban J connectivity index is 1.92. The maximum Gasteiger partial charge on any atom is 0.222 e. The van der Waals surface area contributed by atoms with Gasteiger partial charge in [0.15, 0.2) is 0 Å². The SMILES string of the molecule is CCOCCC(=O)NC1CC1. The van der Waals surface area contributed by atoms with Gasteiger partial charge in [0, 0.05) is 19.1 Å². The standard InChI is InChI=1S/C8H15NO2/c1-2-11-6-5-8(10)9-7-3-4-7/h7H,2-6H2,1H3,(H,9,10). The Hall–Kier alpha value is -0.570. The summed E-state index contributed by atoms with van der Waals surface area (Å²) in [5.74, 6) is 0.126. The van der Waals surface area contributed by atoms with Crippen LogP contribution in [0.15, 0.2) is 0 Å². The van der Waals surface area contributed by atoms with Crippen molar-refractivity contribution in [3.8, 4) is 0 Å². The van der Waals surface area contributed by atoms with Crippen LogP contribution in [-0.2, 0) is 9.53 Å². The zero-order chi connectivity index (χ0) is 8.10. The molecule has 1 aliphatic carbocycles. The van der Waals surface area contributed by atoms with Gasteiger partial charge in [0.25, 0.3) is 0 Å². The molecule has 3 nitrogen and oxygen atoms in total. The van der Waals surface area contributed by atoms with Gasteiger partial charge in [-0.05, 0) is 19.8 Å². The first-order valence-electron chi connectivity index (χ1n) is 4.20. The molecule has 0 unspecified atom stereocenters. The van der Waals surface area contributed by atoms with Gasteiger partial charge in [-0.15, -0.1) is 0 Å². The molecule has 1 aliphatic rings. The van der Waals surface area contributed by atoms with Crippen molar-refractivity contribution in [2.24, 2.45) is 0 Å². The average Bonchev–Trinajstić information content (AvgIpc) is 2.72. The molecule has 1 rings (SSSR count). The molecule has 1 saturated carbocycles. The third-order valence-electron chi connectivity index (χ3n) is 1.62. The molecule has 1 N–H and O–H groups in total. The third-order valence-corrected chi connectivity index (χ3v) is 1.62. The molecule has 0 aromatic rings. The fraction of sp³-hybridized carbons (Fsp3) is 0.875. The van der Waals surface area contributed by atoms with Crippen molar-refractivity contribution in [2.45, 2.75) is 32.2 Å². The first-order chi connectivity index (χ1) is 5.33. The molecule has 0 bridgehead atoms. The normalized spacial score (nSPS) is 16.5. The van der Waals surface area contributed by atoms with Crippen molar-refractivity contribution in [2.75, 3.05) is 13.2 Å². The van der Waals surface area contributed by atoms with E-state index >= 15 is 0 Å². The molecule has 0 heterocycles. The van der Waals surface area contributed by atoms with Gasteiger partial charge in [-0.3, -0.25) is 4.79 Å². The van der Waals surface area contributed by atoms with Crippen molar-refractivity contribution in [1.82, 2.24) is 5.32 Å². The zero-order valence-corrected chi connectivity index (χ0v) is 6.93. The predicted octanol–water partition coefficient (Wildman–Crippen LogP) is 0.692. The largest absolute Gasteiger partial charge is 0.381 e. The summed E-state index contributed by atoms with van der Waals surface area (Å²) in [6.07, 6.45) is 2.81. The van der Waals surface area contributed by atoms with Crippen LogP contribution in [0.4, 0.5) is 0 Å². The molecule has 1 amide bonds. The number of carbonyl (C=O) groups is 1. The Morgan fingerprint density at radius 2 is 2.36 bits per heavy atom. The number of hydrogen-bond acceptors (Lipinski definition) is 2. The van der Waals surface area contributed by atoms with Crippen molar-refractivity contribution < 1.29 is 9.53 Å². The number of hydrogen-bond donors (Lipinski definition) is 1. The second kappa shape index (κ2) is 4.34. The number of carbonyl (C=O) groups excluding carboxylic acids is 1. The van der Waals surface area contributed by atoms with E-state index in [0.29, 0.717) is 25.7 Å². The fourth-order valence-electron chi connectivity index (χ4n) is 0.837. The molecule has 0 aromatic carbocycles. The lowest BCUT2D eigenvalue weighted by molar-refractivity contribution is -0.122. The van der Waals surface area contributed by atoms with Gasteiger partial charge in [0.1, 0.15) is 0 Å². The second-order valence-corrected chi connectivity index (χ2v) is 2.79. The smallest absolute Gasteiger partial charge is 0.222 e. The highest BCUT2D eigenvalue weighted by atomic mass is 16.5. The highest BCUT2D eigenvalue weighted by molar-refractivity contribution is 5.76. The molecule has 0 radical (unpaired) electrons. The molecular formula is C8H15NO2. The summed E-state index contributed by atoms with van der Waals surface area (Å²) in [7, 11) is 0. The molecular weight excluding hydrogens is 142 g/mol. The topological polar surface area (TPSA) is 38.3 Å². The van der Waals surface area contributed by atoms with Crippen LogP contribution in [0.25, 0.3) is 0 Å². The highest BCUT2D eigenvalue weighted by Crippen LogP contribution is 2.18. The number of rotatable bonds is 5. The van der Waals surface area contributed by atoms with Gasteiger partial charge < -0.3 is 10.1 Å². The summed E-state index contributed by atoms with van der Waals surface area (Å²) in [5.41, 5.74) is 0. The van der Waals surface area contributed by atoms with Crippen LogP contribution in [0.5, 0.6) is 0 Å². The van der Waals surface area contributed by atoms with Gasteiger partial charge >= 0.3 is 0 Å². The van der Waals surface area contributed by atoms with E-state index in [1.54, 1.807) is 0 Å². The maximum atomic E-state index is 11.0. The van der Waals surface area contributed by atoms with Crippen molar-refractivity contribution >= 4 is 5.91 Å². The van der Waals surface area contributed by atoms with Crippen LogP contribution in [-0.4, -0.2) is 25.2 Å². The highest BCUT2D eigenvalue weighted by Gasteiger charge is 2.22. The second-order valence-electron chi connectivity index (χ2n) is 2.79. The van der Waals surface area contributed by atoms with Gasteiger partial charge in [-0.2, -0.15) is 0 Å². The first kappa shape index (κ1) is 8.53. The molecule has 0 atom stereocenters. The lowest BCUT2D eigenvalue weighted by Gasteiger charge is -2.02. The predicted molar refractivity (Wildman–Crippen MR) is 42.3 cm³/mol. The lowest BCUT2D eigenvalue weighted by atomic mass is 10.4. The van der Waals surface area contributed by atoms with E-state index in [1.807, 2.05) is 6.92 Å². The molecule has 3 heteroatoms. The van der Waals surface area contributed by atoms with Crippen LogP contribution >= 0.6 is 0 Å². The van der Waals surface area contributed by atoms with Crippen LogP contribution in [0, 0.1) is 0 Å². The van der Waals surface area contributed by atoms with E-state index in [0.717, 1.165) is 12.8 Å². The van der Waals surface area contributed by atoms with Gasteiger partial charge in [0.2, 0.25) is 5.91 Å². The maximum absolute atomic E-state index is 11.0. The molecule has 11 heavy (non-hydrogen) atoms. The van der Waals surface area contributed by atoms with Gasteiger partial charge in [-0.1, -0.05) is 0 Å². The summed E-state index contributed by atoms with van der Waals surface area (Å²) < 4.78 is 5.05. The fourth-order valence-corrected chi connectivity index (χ4v) is 0.837. The van der Waals surface area contributed by atoms with E-state index < -0.39 is 0 Å². The minimum atomic E-state index is 0.126. The van der Waals surface area contributed by atoms with Crippen LogP contribution < -0.4 is 5.32 Å². The van der Waals surface area contributed by atoms with Gasteiger partial charge in [0.05, 0.1) is 6.61 Å². The van der Waals surface area contributed by atoms with Crippen molar-refractivity contribution in [1.29, 1.82) is 0 Å². The first-order valence-corrected chi connectivity index (χ1v) is 4.20. The Morgan fingerprint density at radius 1 is 1.64 bits per heavy atom. The zero-order valence-electron chi connectivity index (χ0n) is 6.93. The average molecular weight is 157 g/mol. The van der Waals surface area contributed by atoms with E-state index in [4.69, 9.17) is 4.74 Å². The van der Waals surface area contributed by atoms with E-state index in [2.05, 4.69) is 5.32 Å². The van der Waals surface area contributed by atoms with E-state index in [1.165, 1.54) is 0 Å². The molecule has 1 fully saturated rings. The molecule has 64 valence electrons.